The van der Waals surface area contributed by atoms with Crippen LogP contribution in [0.1, 0.15) is 13.8 Å². The van der Waals surface area contributed by atoms with E-state index in [2.05, 4.69) is 30.0 Å². The average molecular weight is 284 g/mol. The molecule has 2 rings (SSSR count). The summed E-state index contributed by atoms with van der Waals surface area (Å²) in [5, 5.41) is 4.17. The number of hydrogen-bond acceptors (Lipinski definition) is 4. The second kappa shape index (κ2) is 7.10. The van der Waals surface area contributed by atoms with Crippen LogP contribution >= 0.6 is 11.6 Å². The lowest BCUT2D eigenvalue weighted by atomic mass is 9.97. The lowest BCUT2D eigenvalue weighted by Gasteiger charge is -2.18. The van der Waals surface area contributed by atoms with Gasteiger partial charge in [0.15, 0.2) is 0 Å². The molecule has 106 valence electrons. The maximum atomic E-state index is 5.82. The van der Waals surface area contributed by atoms with Crippen LogP contribution in [0.4, 0.5) is 0 Å². The van der Waals surface area contributed by atoms with E-state index in [4.69, 9.17) is 16.3 Å². The van der Waals surface area contributed by atoms with Gasteiger partial charge in [0.1, 0.15) is 12.4 Å². The molecule has 1 saturated heterocycles. The van der Waals surface area contributed by atoms with Gasteiger partial charge < -0.3 is 10.1 Å². The fourth-order valence-corrected chi connectivity index (χ4v) is 2.43. The summed E-state index contributed by atoms with van der Waals surface area (Å²) in [5.74, 6) is 1.47. The topological polar surface area (TPSA) is 45.3 Å². The van der Waals surface area contributed by atoms with Gasteiger partial charge in [-0.3, -0.25) is 10.9 Å². The second-order valence-corrected chi connectivity index (χ2v) is 5.47. The van der Waals surface area contributed by atoms with E-state index in [1.165, 1.54) is 0 Å². The van der Waals surface area contributed by atoms with E-state index in [0.717, 1.165) is 23.9 Å². The van der Waals surface area contributed by atoms with Crippen LogP contribution in [0.25, 0.3) is 0 Å². The summed E-state index contributed by atoms with van der Waals surface area (Å²) in [4.78, 5) is 0. The van der Waals surface area contributed by atoms with Crippen molar-refractivity contribution < 1.29 is 4.74 Å². The Balaban J connectivity index is 1.61. The van der Waals surface area contributed by atoms with Gasteiger partial charge in [-0.25, -0.2) is 0 Å². The fourth-order valence-electron chi connectivity index (χ4n) is 2.30. The molecule has 0 aromatic heterocycles. The molecule has 1 aromatic rings. The molecule has 19 heavy (non-hydrogen) atoms. The van der Waals surface area contributed by atoms with Crippen LogP contribution in [0.2, 0.25) is 5.02 Å². The molecular formula is C14H22ClN3O. The first kappa shape index (κ1) is 14.6. The predicted octanol–water partition coefficient (Wildman–Crippen LogP) is 1.81. The second-order valence-electron chi connectivity index (χ2n) is 5.04. The SMILES string of the molecule is CC1NNC(C)C1CNCCOc1ccc(Cl)cc1. The molecule has 2 atom stereocenters. The highest BCUT2D eigenvalue weighted by Gasteiger charge is 2.28. The van der Waals surface area contributed by atoms with Gasteiger partial charge in [-0.15, -0.1) is 0 Å². The Kier molecular flexibility index (Phi) is 5.45. The summed E-state index contributed by atoms with van der Waals surface area (Å²) >= 11 is 5.82. The number of hydrazine groups is 1. The highest BCUT2D eigenvalue weighted by molar-refractivity contribution is 6.30. The van der Waals surface area contributed by atoms with Crippen LogP contribution < -0.4 is 20.9 Å². The third kappa shape index (κ3) is 4.35. The standard InChI is InChI=1S/C14H22ClN3O/c1-10-14(11(2)18-17-10)9-16-7-8-19-13-5-3-12(15)4-6-13/h3-6,10-11,14,16-18H,7-9H2,1-2H3. The van der Waals surface area contributed by atoms with Crippen LogP contribution in [-0.2, 0) is 0 Å². The van der Waals surface area contributed by atoms with E-state index in [1.807, 2.05) is 24.3 Å². The monoisotopic (exact) mass is 283 g/mol. The molecule has 2 unspecified atom stereocenters. The molecule has 0 aliphatic carbocycles. The smallest absolute Gasteiger partial charge is 0.119 e. The van der Waals surface area contributed by atoms with Gasteiger partial charge in [-0.1, -0.05) is 11.6 Å². The predicted molar refractivity (Wildman–Crippen MR) is 78.5 cm³/mol. The van der Waals surface area contributed by atoms with E-state index in [9.17, 15) is 0 Å². The van der Waals surface area contributed by atoms with Gasteiger partial charge in [-0.05, 0) is 38.1 Å². The summed E-state index contributed by atoms with van der Waals surface area (Å²) in [7, 11) is 0. The first-order valence-electron chi connectivity index (χ1n) is 6.77. The maximum absolute atomic E-state index is 5.82. The number of nitrogens with one attached hydrogen (secondary N) is 3. The number of halogens is 1. The van der Waals surface area contributed by atoms with Gasteiger partial charge in [0.05, 0.1) is 0 Å². The van der Waals surface area contributed by atoms with E-state index in [0.29, 0.717) is 24.6 Å². The zero-order valence-corrected chi connectivity index (χ0v) is 12.2. The molecule has 1 heterocycles. The summed E-state index contributed by atoms with van der Waals surface area (Å²) in [5.41, 5.74) is 6.52. The molecule has 5 heteroatoms. The van der Waals surface area contributed by atoms with Crippen LogP contribution in [0, 0.1) is 5.92 Å². The van der Waals surface area contributed by atoms with E-state index < -0.39 is 0 Å². The number of rotatable bonds is 6. The van der Waals surface area contributed by atoms with Crippen molar-refractivity contribution in [1.82, 2.24) is 16.2 Å². The van der Waals surface area contributed by atoms with E-state index >= 15 is 0 Å². The summed E-state index contributed by atoms with van der Waals surface area (Å²) in [6.07, 6.45) is 0. The molecular weight excluding hydrogens is 262 g/mol. The summed E-state index contributed by atoms with van der Waals surface area (Å²) in [6.45, 7) is 6.91. The van der Waals surface area contributed by atoms with Crippen LogP contribution in [-0.4, -0.2) is 31.8 Å². The molecule has 4 nitrogen and oxygen atoms in total. The molecule has 0 radical (unpaired) electrons. The van der Waals surface area contributed by atoms with Crippen molar-refractivity contribution in [3.8, 4) is 5.75 Å². The van der Waals surface area contributed by atoms with Crippen molar-refractivity contribution in [3.63, 3.8) is 0 Å². The Morgan fingerprint density at radius 2 is 1.79 bits per heavy atom. The van der Waals surface area contributed by atoms with Crippen LogP contribution in [0.15, 0.2) is 24.3 Å². The molecule has 3 N–H and O–H groups in total. The van der Waals surface area contributed by atoms with Crippen LogP contribution in [0.5, 0.6) is 5.75 Å². The van der Waals surface area contributed by atoms with Crippen molar-refractivity contribution in [3.05, 3.63) is 29.3 Å². The largest absolute Gasteiger partial charge is 0.492 e. The van der Waals surface area contributed by atoms with Gasteiger partial charge in [0.25, 0.3) is 0 Å². The highest BCUT2D eigenvalue weighted by atomic mass is 35.5. The molecule has 1 aliphatic rings. The van der Waals surface area contributed by atoms with Crippen molar-refractivity contribution in [2.45, 2.75) is 25.9 Å². The quantitative estimate of drug-likeness (QED) is 0.697. The van der Waals surface area contributed by atoms with Gasteiger partial charge in [-0.2, -0.15) is 0 Å². The highest BCUT2D eigenvalue weighted by Crippen LogP contribution is 2.15. The first-order valence-corrected chi connectivity index (χ1v) is 7.15. The Morgan fingerprint density at radius 3 is 2.42 bits per heavy atom. The fraction of sp³-hybridized carbons (Fsp3) is 0.571. The van der Waals surface area contributed by atoms with Gasteiger partial charge in [0.2, 0.25) is 0 Å². The minimum absolute atomic E-state index is 0.500. The van der Waals surface area contributed by atoms with Gasteiger partial charge >= 0.3 is 0 Å². The Morgan fingerprint density at radius 1 is 1.16 bits per heavy atom. The molecule has 0 spiro atoms. The molecule has 1 aromatic carbocycles. The van der Waals surface area contributed by atoms with E-state index in [1.54, 1.807) is 0 Å². The lowest BCUT2D eigenvalue weighted by Crippen LogP contribution is -2.35. The Labute approximate surface area is 119 Å². The van der Waals surface area contributed by atoms with Crippen molar-refractivity contribution in [2.24, 2.45) is 5.92 Å². The lowest BCUT2D eigenvalue weighted by molar-refractivity contribution is 0.304. The van der Waals surface area contributed by atoms with Crippen molar-refractivity contribution in [1.29, 1.82) is 0 Å². The normalized spacial score (nSPS) is 26.6. The minimum Gasteiger partial charge on any atom is -0.492 e. The number of benzene rings is 1. The first-order chi connectivity index (χ1) is 9.16. The molecule has 0 amide bonds. The average Bonchev–Trinajstić information content (AvgIpc) is 2.72. The molecule has 0 saturated carbocycles. The zero-order chi connectivity index (χ0) is 13.7. The number of ether oxygens (including phenoxy) is 1. The van der Waals surface area contributed by atoms with Gasteiger partial charge in [0, 0.05) is 36.1 Å². The van der Waals surface area contributed by atoms with E-state index in [-0.39, 0.29) is 0 Å². The third-order valence-electron chi connectivity index (χ3n) is 3.56. The molecule has 1 fully saturated rings. The maximum Gasteiger partial charge on any atom is 0.119 e. The molecule has 1 aliphatic heterocycles. The Hall–Kier alpha value is -0.810. The number of hydrogen-bond donors (Lipinski definition) is 3. The zero-order valence-electron chi connectivity index (χ0n) is 11.4. The van der Waals surface area contributed by atoms with Crippen LogP contribution in [0.3, 0.4) is 0 Å². The third-order valence-corrected chi connectivity index (χ3v) is 3.82. The molecule has 0 bridgehead atoms. The summed E-state index contributed by atoms with van der Waals surface area (Å²) in [6, 6.07) is 8.45. The van der Waals surface area contributed by atoms with Crippen molar-refractivity contribution in [2.75, 3.05) is 19.7 Å². The summed E-state index contributed by atoms with van der Waals surface area (Å²) < 4.78 is 5.63. The Bertz CT molecular complexity index is 375. The van der Waals surface area contributed by atoms with Crippen molar-refractivity contribution >= 4 is 11.6 Å². The minimum atomic E-state index is 0.500.